The Balaban J connectivity index is 1.89. The van der Waals surface area contributed by atoms with Crippen molar-refractivity contribution in [1.82, 2.24) is 5.32 Å². The van der Waals surface area contributed by atoms with Crippen LogP contribution in [0.25, 0.3) is 11.1 Å². The predicted molar refractivity (Wildman–Crippen MR) is 80.3 cm³/mol. The van der Waals surface area contributed by atoms with Gasteiger partial charge in [-0.2, -0.15) is 0 Å². The molecule has 0 radical (unpaired) electrons. The lowest BCUT2D eigenvalue weighted by Crippen LogP contribution is -2.15. The summed E-state index contributed by atoms with van der Waals surface area (Å²) >= 11 is 0. The van der Waals surface area contributed by atoms with Crippen molar-refractivity contribution in [3.05, 3.63) is 48.0 Å². The molecule has 1 heterocycles. The summed E-state index contributed by atoms with van der Waals surface area (Å²) in [5, 5.41) is 3.24. The molecular weight excluding hydrogens is 250 g/mol. The van der Waals surface area contributed by atoms with E-state index in [0.29, 0.717) is 19.3 Å². The van der Waals surface area contributed by atoms with Crippen LogP contribution in [0.3, 0.4) is 0 Å². The molecule has 0 saturated heterocycles. The molecule has 2 aromatic rings. The summed E-state index contributed by atoms with van der Waals surface area (Å²) < 4.78 is 11.2. The van der Waals surface area contributed by atoms with Crippen LogP contribution in [0, 0.1) is 0 Å². The van der Waals surface area contributed by atoms with Crippen LogP contribution in [-0.4, -0.2) is 20.3 Å². The molecule has 0 aliphatic carbocycles. The van der Waals surface area contributed by atoms with Crippen molar-refractivity contribution in [3.8, 4) is 22.6 Å². The molecule has 20 heavy (non-hydrogen) atoms. The lowest BCUT2D eigenvalue weighted by molar-refractivity contribution is 0.171. The number of nitrogens with one attached hydrogen (secondary N) is 1. The van der Waals surface area contributed by atoms with Crippen LogP contribution < -0.4 is 14.8 Å². The lowest BCUT2D eigenvalue weighted by atomic mass is 10.0. The van der Waals surface area contributed by atoms with E-state index in [9.17, 15) is 0 Å². The molecule has 0 fully saturated rings. The zero-order valence-electron chi connectivity index (χ0n) is 11.8. The third kappa shape index (κ3) is 2.49. The number of rotatable bonds is 3. The highest BCUT2D eigenvalue weighted by Crippen LogP contribution is 2.34. The van der Waals surface area contributed by atoms with Crippen molar-refractivity contribution < 1.29 is 9.47 Å². The van der Waals surface area contributed by atoms with Gasteiger partial charge in [-0.1, -0.05) is 30.3 Å². The van der Waals surface area contributed by atoms with Gasteiger partial charge < -0.3 is 14.8 Å². The van der Waals surface area contributed by atoms with Gasteiger partial charge in [0.1, 0.15) is 13.2 Å². The first kappa shape index (κ1) is 13.0. The zero-order valence-corrected chi connectivity index (χ0v) is 11.8. The topological polar surface area (TPSA) is 30.5 Å². The Kier molecular flexibility index (Phi) is 3.61. The van der Waals surface area contributed by atoms with Gasteiger partial charge in [0, 0.05) is 6.04 Å². The lowest BCUT2D eigenvalue weighted by Gasteiger charge is -2.19. The number of fused-ring (bicyclic) bond motifs is 1. The van der Waals surface area contributed by atoms with E-state index < -0.39 is 0 Å². The second-order valence-corrected chi connectivity index (χ2v) is 4.99. The van der Waals surface area contributed by atoms with E-state index in [1.165, 1.54) is 11.1 Å². The van der Waals surface area contributed by atoms with Crippen molar-refractivity contribution in [2.24, 2.45) is 0 Å². The van der Waals surface area contributed by atoms with E-state index in [1.54, 1.807) is 0 Å². The maximum Gasteiger partial charge on any atom is 0.161 e. The Bertz CT molecular complexity index is 592. The Hall–Kier alpha value is -2.00. The summed E-state index contributed by atoms with van der Waals surface area (Å²) in [6, 6.07) is 15.1. The van der Waals surface area contributed by atoms with Crippen LogP contribution in [-0.2, 0) is 0 Å². The van der Waals surface area contributed by atoms with E-state index in [2.05, 4.69) is 42.6 Å². The molecule has 2 aromatic carbocycles. The minimum absolute atomic E-state index is 0.365. The summed E-state index contributed by atoms with van der Waals surface area (Å²) in [6.45, 7) is 3.40. The molecule has 0 aromatic heterocycles. The zero-order chi connectivity index (χ0) is 13.9. The Labute approximate surface area is 119 Å². The fourth-order valence-electron chi connectivity index (χ4n) is 2.35. The second-order valence-electron chi connectivity index (χ2n) is 4.99. The average Bonchev–Trinajstić information content (AvgIpc) is 2.54. The van der Waals surface area contributed by atoms with Crippen LogP contribution >= 0.6 is 0 Å². The fourth-order valence-corrected chi connectivity index (χ4v) is 2.35. The van der Waals surface area contributed by atoms with Crippen molar-refractivity contribution >= 4 is 0 Å². The van der Waals surface area contributed by atoms with Crippen molar-refractivity contribution in [2.75, 3.05) is 20.3 Å². The van der Waals surface area contributed by atoms with Gasteiger partial charge in [0.05, 0.1) is 0 Å². The number of benzene rings is 2. The molecule has 1 aliphatic heterocycles. The first-order chi connectivity index (χ1) is 9.78. The fraction of sp³-hybridized carbons (Fsp3) is 0.294. The smallest absolute Gasteiger partial charge is 0.161 e. The van der Waals surface area contributed by atoms with E-state index in [0.717, 1.165) is 17.1 Å². The van der Waals surface area contributed by atoms with Crippen molar-refractivity contribution in [2.45, 2.75) is 13.0 Å². The summed E-state index contributed by atoms with van der Waals surface area (Å²) in [5.74, 6) is 1.67. The highest BCUT2D eigenvalue weighted by molar-refractivity contribution is 5.67. The monoisotopic (exact) mass is 269 g/mol. The Morgan fingerprint density at radius 2 is 1.55 bits per heavy atom. The van der Waals surface area contributed by atoms with E-state index in [1.807, 2.05) is 19.2 Å². The van der Waals surface area contributed by atoms with Crippen LogP contribution in [0.15, 0.2) is 42.5 Å². The molecule has 3 rings (SSSR count). The van der Waals surface area contributed by atoms with Gasteiger partial charge in [0.25, 0.3) is 0 Å². The number of hydrogen-bond acceptors (Lipinski definition) is 3. The van der Waals surface area contributed by atoms with Gasteiger partial charge in [-0.05, 0) is 42.8 Å². The molecule has 3 nitrogen and oxygen atoms in total. The van der Waals surface area contributed by atoms with Gasteiger partial charge in [0.2, 0.25) is 0 Å². The SMILES string of the molecule is CNC(C)c1ccc(-c2ccc3c(c2)OCCO3)cc1. The van der Waals surface area contributed by atoms with Crippen LogP contribution in [0.2, 0.25) is 0 Å². The third-order valence-electron chi connectivity index (χ3n) is 3.72. The maximum absolute atomic E-state index is 5.63. The largest absolute Gasteiger partial charge is 0.486 e. The number of hydrogen-bond donors (Lipinski definition) is 1. The van der Waals surface area contributed by atoms with Crippen LogP contribution in [0.1, 0.15) is 18.5 Å². The highest BCUT2D eigenvalue weighted by Gasteiger charge is 2.12. The van der Waals surface area contributed by atoms with Crippen LogP contribution in [0.5, 0.6) is 11.5 Å². The second kappa shape index (κ2) is 5.55. The summed E-state index contributed by atoms with van der Waals surface area (Å²) in [4.78, 5) is 0. The predicted octanol–water partition coefficient (Wildman–Crippen LogP) is 3.41. The molecule has 0 amide bonds. The van der Waals surface area contributed by atoms with Crippen molar-refractivity contribution in [3.63, 3.8) is 0 Å². The summed E-state index contributed by atoms with van der Waals surface area (Å²) in [7, 11) is 1.97. The summed E-state index contributed by atoms with van der Waals surface area (Å²) in [6.07, 6.45) is 0. The molecular formula is C17H19NO2. The molecule has 104 valence electrons. The van der Waals surface area contributed by atoms with Gasteiger partial charge in [-0.3, -0.25) is 0 Å². The average molecular weight is 269 g/mol. The highest BCUT2D eigenvalue weighted by atomic mass is 16.6. The first-order valence-electron chi connectivity index (χ1n) is 6.95. The summed E-state index contributed by atoms with van der Waals surface area (Å²) in [5.41, 5.74) is 3.63. The first-order valence-corrected chi connectivity index (χ1v) is 6.95. The van der Waals surface area contributed by atoms with Gasteiger partial charge in [0.15, 0.2) is 11.5 Å². The number of ether oxygens (including phenoxy) is 2. The maximum atomic E-state index is 5.63. The molecule has 1 N–H and O–H groups in total. The molecule has 0 saturated carbocycles. The third-order valence-corrected chi connectivity index (χ3v) is 3.72. The Morgan fingerprint density at radius 1 is 0.900 bits per heavy atom. The molecule has 0 bridgehead atoms. The quantitative estimate of drug-likeness (QED) is 0.926. The van der Waals surface area contributed by atoms with Crippen LogP contribution in [0.4, 0.5) is 0 Å². The molecule has 0 spiro atoms. The molecule has 1 aliphatic rings. The molecule has 3 heteroatoms. The minimum atomic E-state index is 0.365. The van der Waals surface area contributed by atoms with E-state index >= 15 is 0 Å². The van der Waals surface area contributed by atoms with Gasteiger partial charge in [-0.15, -0.1) is 0 Å². The van der Waals surface area contributed by atoms with E-state index in [-0.39, 0.29) is 0 Å². The van der Waals surface area contributed by atoms with Gasteiger partial charge in [-0.25, -0.2) is 0 Å². The minimum Gasteiger partial charge on any atom is -0.486 e. The molecule has 1 atom stereocenters. The Morgan fingerprint density at radius 3 is 2.25 bits per heavy atom. The van der Waals surface area contributed by atoms with Gasteiger partial charge >= 0.3 is 0 Å². The normalized spacial score (nSPS) is 14.9. The van der Waals surface area contributed by atoms with E-state index in [4.69, 9.17) is 9.47 Å². The van der Waals surface area contributed by atoms with Crippen molar-refractivity contribution in [1.29, 1.82) is 0 Å². The molecule has 1 unspecified atom stereocenters. The standard InChI is InChI=1S/C17H19NO2/c1-12(18-2)13-3-5-14(6-4-13)15-7-8-16-17(11-15)20-10-9-19-16/h3-8,11-12,18H,9-10H2,1-2H3.